The van der Waals surface area contributed by atoms with Gasteiger partial charge in [-0.15, -0.1) is 0 Å². The summed E-state index contributed by atoms with van der Waals surface area (Å²) in [6.07, 6.45) is 0.913. The van der Waals surface area contributed by atoms with E-state index in [1.54, 1.807) is 13.8 Å². The van der Waals surface area contributed by atoms with Gasteiger partial charge in [-0.25, -0.2) is 0 Å². The van der Waals surface area contributed by atoms with Gasteiger partial charge in [-0.05, 0) is 57.4 Å². The van der Waals surface area contributed by atoms with Gasteiger partial charge >= 0.3 is 7.32 Å². The molecule has 5 nitrogen and oxygen atoms in total. The van der Waals surface area contributed by atoms with Crippen LogP contribution in [-0.2, 0) is 6.42 Å². The topological polar surface area (TPSA) is 90.2 Å². The summed E-state index contributed by atoms with van der Waals surface area (Å²) in [5, 5.41) is 31.6. The summed E-state index contributed by atoms with van der Waals surface area (Å²) in [5.74, 6) is 0.777. The summed E-state index contributed by atoms with van der Waals surface area (Å²) in [7, 11) is -2.17. The van der Waals surface area contributed by atoms with Crippen LogP contribution in [0.25, 0.3) is 0 Å². The van der Waals surface area contributed by atoms with Crippen LogP contribution in [0.5, 0.6) is 5.75 Å². The van der Waals surface area contributed by atoms with Gasteiger partial charge in [-0.1, -0.05) is 42.5 Å². The summed E-state index contributed by atoms with van der Waals surface area (Å²) >= 11 is 0. The zero-order chi connectivity index (χ0) is 19.1. The minimum Gasteiger partial charge on any atom is -0.485 e. The van der Waals surface area contributed by atoms with E-state index in [2.05, 4.69) is 36.4 Å². The second-order valence-corrected chi connectivity index (χ2v) is 6.82. The van der Waals surface area contributed by atoms with E-state index in [4.69, 9.17) is 19.8 Å². The van der Waals surface area contributed by atoms with E-state index in [1.165, 1.54) is 11.1 Å². The van der Waals surface area contributed by atoms with E-state index < -0.39 is 18.5 Å². The first-order valence-corrected chi connectivity index (χ1v) is 8.10. The maximum atomic E-state index is 10.1. The van der Waals surface area contributed by atoms with Gasteiger partial charge in [-0.3, -0.25) is 0 Å². The van der Waals surface area contributed by atoms with Gasteiger partial charge in [0.05, 0.1) is 5.60 Å². The number of aliphatic hydroxyl groups is 1. The molecule has 0 aliphatic heterocycles. The summed E-state index contributed by atoms with van der Waals surface area (Å²) in [6, 6.07) is 18.5. The van der Waals surface area contributed by atoms with E-state index in [9.17, 15) is 5.11 Å². The summed E-state index contributed by atoms with van der Waals surface area (Å²) in [6.45, 7) is 7.31. The van der Waals surface area contributed by atoms with Crippen LogP contribution in [0, 0.1) is 0 Å². The fourth-order valence-corrected chi connectivity index (χ4v) is 1.93. The van der Waals surface area contributed by atoms with Crippen molar-refractivity contribution in [3.05, 3.63) is 65.7 Å². The van der Waals surface area contributed by atoms with E-state index in [-0.39, 0.29) is 0 Å². The predicted molar refractivity (Wildman–Crippen MR) is 99.1 cm³/mol. The molecular formula is C19H27BO5. The summed E-state index contributed by atoms with van der Waals surface area (Å²) in [5.41, 5.74) is 0.988. The molecule has 0 saturated carbocycles. The van der Waals surface area contributed by atoms with Crippen LogP contribution < -0.4 is 4.74 Å². The number of rotatable bonds is 5. The monoisotopic (exact) mass is 346 g/mol. The Kier molecular flexibility index (Phi) is 7.64. The highest BCUT2D eigenvalue weighted by atomic mass is 16.5. The fraction of sp³-hybridized carbons (Fsp3) is 0.368. The largest absolute Gasteiger partial charge is 0.631 e. The Bertz CT molecular complexity index is 616. The normalized spacial score (nSPS) is 11.4. The number of ether oxygens (including phenoxy) is 1. The van der Waals surface area contributed by atoms with Crippen LogP contribution >= 0.6 is 0 Å². The predicted octanol–water partition coefficient (Wildman–Crippen LogP) is 2.15. The zero-order valence-corrected chi connectivity index (χ0v) is 15.2. The van der Waals surface area contributed by atoms with Gasteiger partial charge in [0.15, 0.2) is 0 Å². The maximum Gasteiger partial charge on any atom is 0.631 e. The molecule has 0 spiro atoms. The Morgan fingerprint density at radius 1 is 0.800 bits per heavy atom. The maximum absolute atomic E-state index is 10.1. The second kappa shape index (κ2) is 9.01. The quantitative estimate of drug-likeness (QED) is 0.623. The third kappa shape index (κ3) is 7.71. The molecule has 0 radical (unpaired) electrons. The molecule has 2 aromatic carbocycles. The van der Waals surface area contributed by atoms with Crippen molar-refractivity contribution in [3.8, 4) is 5.75 Å². The molecule has 0 saturated heterocycles. The van der Waals surface area contributed by atoms with Crippen molar-refractivity contribution in [2.24, 2.45) is 0 Å². The lowest BCUT2D eigenvalue weighted by Gasteiger charge is -2.37. The first-order chi connectivity index (χ1) is 11.5. The molecule has 0 aliphatic carbocycles. The van der Waals surface area contributed by atoms with E-state index in [1.807, 2.05) is 32.0 Å². The van der Waals surface area contributed by atoms with Crippen LogP contribution in [0.3, 0.4) is 0 Å². The lowest BCUT2D eigenvalue weighted by molar-refractivity contribution is -0.0906. The average molecular weight is 346 g/mol. The van der Waals surface area contributed by atoms with Crippen LogP contribution in [0.1, 0.15) is 38.8 Å². The molecule has 2 aromatic rings. The van der Waals surface area contributed by atoms with Gasteiger partial charge in [0.2, 0.25) is 0 Å². The van der Waals surface area contributed by atoms with Crippen LogP contribution in [-0.4, -0.2) is 38.7 Å². The lowest BCUT2D eigenvalue weighted by atomic mass is 9.89. The zero-order valence-electron chi connectivity index (χ0n) is 15.2. The van der Waals surface area contributed by atoms with Crippen LogP contribution in [0.15, 0.2) is 54.6 Å². The van der Waals surface area contributed by atoms with Gasteiger partial charge in [0, 0.05) is 0 Å². The Morgan fingerprint density at radius 3 is 1.68 bits per heavy atom. The highest BCUT2D eigenvalue weighted by molar-refractivity contribution is 6.30. The minimum atomic E-state index is -2.17. The summed E-state index contributed by atoms with van der Waals surface area (Å²) in [4.78, 5) is 0. The number of hydrogen-bond donors (Lipinski definition) is 4. The van der Waals surface area contributed by atoms with Gasteiger partial charge in [0.1, 0.15) is 11.4 Å². The third-order valence-electron chi connectivity index (χ3n) is 4.02. The molecule has 0 atom stereocenters. The SMILES string of the molecule is CC(C)(O)C(C)(C)Oc1ccc(Cc2ccccc2)cc1.OB(O)O. The standard InChI is InChI=1S/C19H24O2.BH3O3/c1-18(2,20)19(3,4)21-17-12-10-16(11-13-17)14-15-8-6-5-7-9-15;2-1(3)4/h5-13,20H,14H2,1-4H3;2-4H. The molecule has 136 valence electrons. The molecule has 0 heterocycles. The van der Waals surface area contributed by atoms with Gasteiger partial charge < -0.3 is 24.9 Å². The fourth-order valence-electron chi connectivity index (χ4n) is 1.93. The molecule has 0 bridgehead atoms. The Hall–Kier alpha value is -1.86. The molecule has 6 heteroatoms. The van der Waals surface area contributed by atoms with E-state index in [0.29, 0.717) is 0 Å². The van der Waals surface area contributed by atoms with Crippen molar-refractivity contribution in [1.29, 1.82) is 0 Å². The van der Waals surface area contributed by atoms with Crippen molar-refractivity contribution >= 4 is 7.32 Å². The molecular weight excluding hydrogens is 319 g/mol. The molecule has 2 rings (SSSR count). The second-order valence-electron chi connectivity index (χ2n) is 6.82. The molecule has 4 N–H and O–H groups in total. The first-order valence-electron chi connectivity index (χ1n) is 8.10. The molecule has 25 heavy (non-hydrogen) atoms. The van der Waals surface area contributed by atoms with Crippen LogP contribution in [0.2, 0.25) is 0 Å². The third-order valence-corrected chi connectivity index (χ3v) is 4.02. The Balaban J connectivity index is 0.000000705. The van der Waals surface area contributed by atoms with Crippen molar-refractivity contribution in [2.45, 2.75) is 45.3 Å². The highest BCUT2D eigenvalue weighted by Crippen LogP contribution is 2.28. The Morgan fingerprint density at radius 2 is 1.24 bits per heavy atom. The summed E-state index contributed by atoms with van der Waals surface area (Å²) < 4.78 is 5.92. The van der Waals surface area contributed by atoms with Crippen molar-refractivity contribution in [2.75, 3.05) is 0 Å². The van der Waals surface area contributed by atoms with Gasteiger partial charge in [-0.2, -0.15) is 0 Å². The lowest BCUT2D eigenvalue weighted by Crippen LogP contribution is -2.49. The van der Waals surface area contributed by atoms with Crippen molar-refractivity contribution in [1.82, 2.24) is 0 Å². The number of hydrogen-bond acceptors (Lipinski definition) is 5. The molecule has 0 fully saturated rings. The van der Waals surface area contributed by atoms with E-state index in [0.717, 1.165) is 12.2 Å². The first kappa shape index (κ1) is 21.2. The Labute approximate surface area is 149 Å². The van der Waals surface area contributed by atoms with E-state index >= 15 is 0 Å². The average Bonchev–Trinajstić information content (AvgIpc) is 2.48. The molecule has 0 aromatic heterocycles. The molecule has 0 aliphatic rings. The van der Waals surface area contributed by atoms with Crippen LogP contribution in [0.4, 0.5) is 0 Å². The minimum absolute atomic E-state index is 0.645. The number of benzene rings is 2. The molecule has 0 unspecified atom stereocenters. The van der Waals surface area contributed by atoms with Gasteiger partial charge in [0.25, 0.3) is 0 Å². The smallest absolute Gasteiger partial charge is 0.485 e. The highest BCUT2D eigenvalue weighted by Gasteiger charge is 2.37. The molecule has 0 amide bonds. The van der Waals surface area contributed by atoms with Crippen molar-refractivity contribution < 1.29 is 24.9 Å². The van der Waals surface area contributed by atoms with Crippen molar-refractivity contribution in [3.63, 3.8) is 0 Å².